The van der Waals surface area contributed by atoms with E-state index in [-0.39, 0.29) is 22.6 Å². The van der Waals surface area contributed by atoms with Crippen LogP contribution >= 0.6 is 11.6 Å². The predicted octanol–water partition coefficient (Wildman–Crippen LogP) is 2.75. The van der Waals surface area contributed by atoms with Crippen molar-refractivity contribution < 1.29 is 15.0 Å². The Kier molecular flexibility index (Phi) is 4.23. The summed E-state index contributed by atoms with van der Waals surface area (Å²) in [6, 6.07) is 6.78. The summed E-state index contributed by atoms with van der Waals surface area (Å²) in [5.74, 6) is 0.196. The van der Waals surface area contributed by atoms with Crippen LogP contribution in [0.15, 0.2) is 24.3 Å². The van der Waals surface area contributed by atoms with Gasteiger partial charge in [0.25, 0.3) is 0 Å². The van der Waals surface area contributed by atoms with Crippen LogP contribution in [-0.2, 0) is 0 Å². The average Bonchev–Trinajstić information content (AvgIpc) is 3.00. The summed E-state index contributed by atoms with van der Waals surface area (Å²) in [4.78, 5) is 12.5. The van der Waals surface area contributed by atoms with E-state index in [1.54, 1.807) is 28.9 Å². The van der Waals surface area contributed by atoms with Crippen molar-refractivity contribution in [3.05, 3.63) is 29.3 Å². The fourth-order valence-corrected chi connectivity index (χ4v) is 3.56. The molecule has 140 valence electrons. The zero-order chi connectivity index (χ0) is 19.1. The van der Waals surface area contributed by atoms with Gasteiger partial charge in [0.1, 0.15) is 5.75 Å². The molecule has 1 amide bonds. The van der Waals surface area contributed by atoms with E-state index >= 15 is 0 Å². The molecular formula is C17H17ClN6O3. The number of hydrogen-bond acceptors (Lipinski definition) is 6. The number of phenols is 1. The summed E-state index contributed by atoms with van der Waals surface area (Å²) in [6.07, 6.45) is 0.341. The molecule has 1 fully saturated rings. The summed E-state index contributed by atoms with van der Waals surface area (Å²) >= 11 is 5.99. The summed E-state index contributed by atoms with van der Waals surface area (Å²) in [7, 11) is 0. The molecule has 0 saturated carbocycles. The second-order valence-corrected chi connectivity index (χ2v) is 6.84. The summed E-state index contributed by atoms with van der Waals surface area (Å²) in [5, 5.41) is 32.3. The van der Waals surface area contributed by atoms with Crippen molar-refractivity contribution in [1.82, 2.24) is 24.9 Å². The number of hydrogen-bond donors (Lipinski definition) is 3. The number of aromatic hydroxyl groups is 1. The lowest BCUT2D eigenvalue weighted by Crippen LogP contribution is -2.38. The molecule has 2 aromatic heterocycles. The molecule has 0 bridgehead atoms. The molecule has 27 heavy (non-hydrogen) atoms. The lowest BCUT2D eigenvalue weighted by atomic mass is 10.1. The number of piperidine rings is 1. The smallest absolute Gasteiger partial charge is 0.407 e. The SMILES string of the molecule is Nc1nn(C2CCN(C(=O)O)CC2)c2cc(-c3cccc(Cl)c3O)nnc12. The molecule has 10 heteroatoms. The van der Waals surface area contributed by atoms with E-state index in [1.807, 2.05) is 0 Å². The number of nitrogens with zero attached hydrogens (tertiary/aromatic N) is 5. The van der Waals surface area contributed by atoms with Crippen LogP contribution in [0.4, 0.5) is 10.6 Å². The fourth-order valence-electron chi connectivity index (χ4n) is 3.39. The van der Waals surface area contributed by atoms with Gasteiger partial charge in [-0.1, -0.05) is 17.7 Å². The van der Waals surface area contributed by atoms with Crippen LogP contribution in [-0.4, -0.2) is 54.3 Å². The molecule has 3 heterocycles. The van der Waals surface area contributed by atoms with Gasteiger partial charge in [0.05, 0.1) is 22.3 Å². The van der Waals surface area contributed by atoms with Gasteiger partial charge in [0, 0.05) is 18.7 Å². The molecule has 0 aliphatic carbocycles. The van der Waals surface area contributed by atoms with Crippen LogP contribution in [0.5, 0.6) is 5.75 Å². The third-order valence-corrected chi connectivity index (χ3v) is 5.13. The molecule has 1 aliphatic heterocycles. The van der Waals surface area contributed by atoms with Crippen molar-refractivity contribution in [1.29, 1.82) is 0 Å². The van der Waals surface area contributed by atoms with E-state index in [4.69, 9.17) is 22.4 Å². The summed E-state index contributed by atoms with van der Waals surface area (Å²) < 4.78 is 1.78. The number of aromatic nitrogens is 4. The Balaban J connectivity index is 1.74. The highest BCUT2D eigenvalue weighted by molar-refractivity contribution is 6.32. The zero-order valence-corrected chi connectivity index (χ0v) is 15.0. The molecule has 1 saturated heterocycles. The van der Waals surface area contributed by atoms with Gasteiger partial charge >= 0.3 is 6.09 Å². The monoisotopic (exact) mass is 388 g/mol. The molecule has 0 unspecified atom stereocenters. The molecule has 1 aliphatic rings. The maximum Gasteiger partial charge on any atom is 0.407 e. The number of anilines is 1. The van der Waals surface area contributed by atoms with Crippen LogP contribution in [0.1, 0.15) is 18.9 Å². The lowest BCUT2D eigenvalue weighted by Gasteiger charge is -2.30. The first kappa shape index (κ1) is 17.3. The number of carboxylic acid groups (broad SMARTS) is 1. The lowest BCUT2D eigenvalue weighted by molar-refractivity contribution is 0.124. The van der Waals surface area contributed by atoms with Crippen molar-refractivity contribution >= 4 is 34.5 Å². The van der Waals surface area contributed by atoms with Crippen molar-refractivity contribution in [2.45, 2.75) is 18.9 Å². The van der Waals surface area contributed by atoms with Crippen LogP contribution < -0.4 is 5.73 Å². The Morgan fingerprint density at radius 1 is 1.26 bits per heavy atom. The minimum atomic E-state index is -0.914. The molecular weight excluding hydrogens is 372 g/mol. The third kappa shape index (κ3) is 2.99. The number of phenolic OH excluding ortho intramolecular Hbond substituents is 1. The number of halogens is 1. The first-order valence-corrected chi connectivity index (χ1v) is 8.80. The number of amides is 1. The molecule has 4 N–H and O–H groups in total. The molecule has 0 spiro atoms. The zero-order valence-electron chi connectivity index (χ0n) is 14.2. The molecule has 4 rings (SSSR count). The maximum absolute atomic E-state index is 11.1. The quantitative estimate of drug-likeness (QED) is 0.615. The Labute approximate surface area is 159 Å². The first-order chi connectivity index (χ1) is 13.0. The number of nitrogens with two attached hydrogens (primary N) is 1. The van der Waals surface area contributed by atoms with Crippen molar-refractivity contribution in [3.8, 4) is 17.0 Å². The largest absolute Gasteiger partial charge is 0.506 e. The van der Waals surface area contributed by atoms with Crippen LogP contribution in [0.3, 0.4) is 0 Å². The second-order valence-electron chi connectivity index (χ2n) is 6.43. The average molecular weight is 389 g/mol. The van der Waals surface area contributed by atoms with Crippen molar-refractivity contribution in [3.63, 3.8) is 0 Å². The highest BCUT2D eigenvalue weighted by atomic mass is 35.5. The van der Waals surface area contributed by atoms with Gasteiger partial charge in [-0.25, -0.2) is 4.79 Å². The van der Waals surface area contributed by atoms with Gasteiger partial charge in [-0.05, 0) is 31.0 Å². The topological polar surface area (TPSA) is 130 Å². The van der Waals surface area contributed by atoms with E-state index in [2.05, 4.69) is 15.3 Å². The van der Waals surface area contributed by atoms with Gasteiger partial charge in [0.15, 0.2) is 11.3 Å². The third-order valence-electron chi connectivity index (χ3n) is 4.82. The number of fused-ring (bicyclic) bond motifs is 1. The number of rotatable bonds is 2. The molecule has 9 nitrogen and oxygen atoms in total. The number of carbonyl (C=O) groups is 1. The van der Waals surface area contributed by atoms with Crippen LogP contribution in [0.25, 0.3) is 22.3 Å². The van der Waals surface area contributed by atoms with Gasteiger partial charge < -0.3 is 20.8 Å². The van der Waals surface area contributed by atoms with Gasteiger partial charge in [-0.2, -0.15) is 5.10 Å². The Hall–Kier alpha value is -3.07. The maximum atomic E-state index is 11.1. The van der Waals surface area contributed by atoms with E-state index in [0.717, 1.165) is 0 Å². The van der Waals surface area contributed by atoms with Gasteiger partial charge in [-0.15, -0.1) is 10.2 Å². The number of likely N-dealkylation sites (tertiary alicyclic amines) is 1. The predicted molar refractivity (Wildman–Crippen MR) is 99.7 cm³/mol. The van der Waals surface area contributed by atoms with Crippen LogP contribution in [0, 0.1) is 0 Å². The standard InChI is InChI=1S/C17H17ClN6O3/c18-11-3-1-2-10(15(11)25)12-8-13-14(21-20-12)16(19)22-24(13)9-4-6-23(7-5-9)17(26)27/h1-3,8-9,25H,4-7H2,(H2,19,22)(H,26,27). The molecule has 1 aromatic carbocycles. The second kappa shape index (κ2) is 6.58. The van der Waals surface area contributed by atoms with E-state index in [9.17, 15) is 9.90 Å². The van der Waals surface area contributed by atoms with Crippen molar-refractivity contribution in [2.24, 2.45) is 0 Å². The van der Waals surface area contributed by atoms with E-state index < -0.39 is 6.09 Å². The highest BCUT2D eigenvalue weighted by Crippen LogP contribution is 2.36. The fraction of sp³-hybridized carbons (Fsp3) is 0.294. The Morgan fingerprint density at radius 3 is 2.70 bits per heavy atom. The number of nitrogen functional groups attached to an aromatic ring is 1. The molecule has 3 aromatic rings. The normalized spacial score (nSPS) is 15.4. The summed E-state index contributed by atoms with van der Waals surface area (Å²) in [6.45, 7) is 0.865. The number of para-hydroxylation sites is 1. The van der Waals surface area contributed by atoms with Gasteiger partial charge in [0.2, 0.25) is 0 Å². The highest BCUT2D eigenvalue weighted by Gasteiger charge is 2.26. The van der Waals surface area contributed by atoms with Crippen LogP contribution in [0.2, 0.25) is 5.02 Å². The first-order valence-electron chi connectivity index (χ1n) is 8.43. The van der Waals surface area contributed by atoms with E-state index in [1.165, 1.54) is 4.90 Å². The Bertz CT molecular complexity index is 1030. The van der Waals surface area contributed by atoms with E-state index in [0.29, 0.717) is 48.2 Å². The minimum absolute atomic E-state index is 0.00501. The Morgan fingerprint density at radius 2 is 2.00 bits per heavy atom. The van der Waals surface area contributed by atoms with Gasteiger partial charge in [-0.3, -0.25) is 4.68 Å². The molecule has 0 atom stereocenters. The summed E-state index contributed by atoms with van der Waals surface area (Å²) in [5.41, 5.74) is 8.06. The number of benzene rings is 1. The molecule has 0 radical (unpaired) electrons. The van der Waals surface area contributed by atoms with Crippen molar-refractivity contribution in [2.75, 3.05) is 18.8 Å². The minimum Gasteiger partial charge on any atom is -0.506 e.